The highest BCUT2D eigenvalue weighted by molar-refractivity contribution is 7.81. The molecule has 1 fully saturated rings. The number of hydrogen-bond acceptors (Lipinski definition) is 7. The molecule has 2 aromatic rings. The van der Waals surface area contributed by atoms with E-state index in [1.807, 2.05) is 25.7 Å². The number of carbonyl (C=O) groups is 2. The van der Waals surface area contributed by atoms with Crippen LogP contribution < -0.4 is 14.9 Å². The van der Waals surface area contributed by atoms with Crippen LogP contribution in [0.5, 0.6) is 0 Å². The van der Waals surface area contributed by atoms with E-state index in [0.29, 0.717) is 33.8 Å². The van der Waals surface area contributed by atoms with Crippen molar-refractivity contribution >= 4 is 46.7 Å². The third-order valence-electron chi connectivity index (χ3n) is 6.01. The fraction of sp³-hybridized carbons (Fsp3) is 0.440. The lowest BCUT2D eigenvalue weighted by Gasteiger charge is -2.35. The smallest absolute Gasteiger partial charge is 0.328 e. The summed E-state index contributed by atoms with van der Waals surface area (Å²) in [6, 6.07) is 5.97. The first kappa shape index (κ1) is 27.3. The van der Waals surface area contributed by atoms with Crippen molar-refractivity contribution in [1.82, 2.24) is 9.97 Å². The van der Waals surface area contributed by atoms with Crippen molar-refractivity contribution in [3.8, 4) is 0 Å². The van der Waals surface area contributed by atoms with E-state index < -0.39 is 28.6 Å². The van der Waals surface area contributed by atoms with Gasteiger partial charge in [-0.25, -0.2) is 19.0 Å². The fourth-order valence-corrected chi connectivity index (χ4v) is 5.15. The van der Waals surface area contributed by atoms with Gasteiger partial charge in [-0.05, 0) is 56.0 Å². The topological polar surface area (TPSA) is 150 Å². The third-order valence-corrected chi connectivity index (χ3v) is 6.68. The monoisotopic (exact) mass is 515 g/mol. The molecule has 1 amide bonds. The van der Waals surface area contributed by atoms with Crippen molar-refractivity contribution in [2.75, 3.05) is 21.5 Å². The number of rotatable bonds is 6. The average Bonchev–Trinajstić information content (AvgIpc) is 3.02. The zero-order valence-electron chi connectivity index (χ0n) is 21.3. The number of nitrogens with two attached hydrogens (primary N) is 1. The number of hydrogen-bond donors (Lipinski definition) is 3. The van der Waals surface area contributed by atoms with Gasteiger partial charge >= 0.3 is 5.97 Å². The molecule has 0 radical (unpaired) electrons. The van der Waals surface area contributed by atoms with E-state index in [1.54, 1.807) is 0 Å². The maximum Gasteiger partial charge on any atom is 0.328 e. The molecular formula is C25H33N5O5S. The third kappa shape index (κ3) is 5.73. The summed E-state index contributed by atoms with van der Waals surface area (Å²) in [7, 11) is 0. The predicted molar refractivity (Wildman–Crippen MR) is 141 cm³/mol. The molecule has 1 unspecified atom stereocenters. The van der Waals surface area contributed by atoms with Gasteiger partial charge in [0.15, 0.2) is 5.82 Å². The maximum atomic E-state index is 13.9. The van der Waals surface area contributed by atoms with Crippen molar-refractivity contribution < 1.29 is 23.5 Å². The first-order chi connectivity index (χ1) is 16.6. The maximum absolute atomic E-state index is 13.9. The Labute approximate surface area is 213 Å². The number of aliphatic carboxylic acids is 1. The molecule has 3 rings (SSSR count). The van der Waals surface area contributed by atoms with Crippen LogP contribution in [0, 0.1) is 5.92 Å². The molecule has 1 aliphatic rings. The van der Waals surface area contributed by atoms with E-state index in [9.17, 15) is 23.5 Å². The second kappa shape index (κ2) is 9.98. The Morgan fingerprint density at radius 2 is 1.94 bits per heavy atom. The molecule has 4 N–H and O–H groups in total. The van der Waals surface area contributed by atoms with Gasteiger partial charge in [0.1, 0.15) is 11.6 Å². The Bertz CT molecular complexity index is 1240. The van der Waals surface area contributed by atoms with Crippen molar-refractivity contribution in [3.63, 3.8) is 0 Å². The number of pyridine rings is 2. The lowest BCUT2D eigenvalue weighted by Crippen LogP contribution is -2.42. The Balaban J connectivity index is 2.33. The van der Waals surface area contributed by atoms with Crippen LogP contribution in [-0.4, -0.2) is 47.8 Å². The Morgan fingerprint density at radius 1 is 1.28 bits per heavy atom. The number of nitrogens with zero attached hydrogens (tertiary/aromatic N) is 4. The summed E-state index contributed by atoms with van der Waals surface area (Å²) in [6.45, 7) is 12.7. The zero-order valence-corrected chi connectivity index (χ0v) is 22.2. The largest absolute Gasteiger partial charge is 0.478 e. The van der Waals surface area contributed by atoms with Crippen LogP contribution in [-0.2, 0) is 21.5 Å². The SMILES string of the molecule is C[C@@H]1CN(c2nc(C(C)(C)C)c(/C=C/C(=O)O)cc2C(=O)N(c2cccc(N)n2)S(=O)O)C(C)(C)C1. The molecule has 0 aliphatic carbocycles. The summed E-state index contributed by atoms with van der Waals surface area (Å²) in [5.41, 5.74) is 6.01. The van der Waals surface area contributed by atoms with Gasteiger partial charge in [-0.3, -0.25) is 9.35 Å². The highest BCUT2D eigenvalue weighted by Crippen LogP contribution is 2.40. The molecule has 2 atom stereocenters. The van der Waals surface area contributed by atoms with Gasteiger partial charge in [0.25, 0.3) is 17.2 Å². The predicted octanol–water partition coefficient (Wildman–Crippen LogP) is 3.86. The highest BCUT2D eigenvalue weighted by atomic mass is 32.2. The molecule has 0 aromatic carbocycles. The molecule has 11 heteroatoms. The lowest BCUT2D eigenvalue weighted by atomic mass is 9.87. The van der Waals surface area contributed by atoms with Gasteiger partial charge in [-0.2, -0.15) is 4.31 Å². The summed E-state index contributed by atoms with van der Waals surface area (Å²) >= 11 is -2.76. The fourth-order valence-electron chi connectivity index (χ4n) is 4.65. The zero-order chi connectivity index (χ0) is 27.0. The Morgan fingerprint density at radius 3 is 2.44 bits per heavy atom. The number of carboxylic acid groups (broad SMARTS) is 1. The van der Waals surface area contributed by atoms with E-state index in [-0.39, 0.29) is 22.7 Å². The van der Waals surface area contributed by atoms with Gasteiger partial charge in [0.05, 0.1) is 11.3 Å². The van der Waals surface area contributed by atoms with Gasteiger partial charge in [-0.15, -0.1) is 0 Å². The standard InChI is InChI=1S/C25H33N5O5S/c1-15-13-25(5,6)29(14-15)22-17(12-16(10-11-20(31)32)21(28-22)24(2,3)4)23(33)30(36(34)35)19-9-7-8-18(26)27-19/h7-12,15H,13-14H2,1-6H3,(H2,26,27)(H,31,32)(H,34,35)/b11-10+/t15-/m0/s1. The molecule has 1 aliphatic heterocycles. The van der Waals surface area contributed by atoms with Gasteiger partial charge in [-0.1, -0.05) is 33.8 Å². The minimum Gasteiger partial charge on any atom is -0.478 e. The van der Waals surface area contributed by atoms with Crippen molar-refractivity contribution in [1.29, 1.82) is 0 Å². The first-order valence-corrected chi connectivity index (χ1v) is 12.6. The van der Waals surface area contributed by atoms with Gasteiger partial charge < -0.3 is 15.7 Å². The molecule has 10 nitrogen and oxygen atoms in total. The van der Waals surface area contributed by atoms with Crippen molar-refractivity contribution in [2.45, 2.75) is 58.9 Å². The summed E-state index contributed by atoms with van der Waals surface area (Å²) < 4.78 is 23.1. The molecule has 0 spiro atoms. The van der Waals surface area contributed by atoms with Crippen molar-refractivity contribution in [3.05, 3.63) is 47.2 Å². The minimum absolute atomic E-state index is 0.0573. The molecular weight excluding hydrogens is 482 g/mol. The average molecular weight is 516 g/mol. The molecule has 1 saturated heterocycles. The Kier molecular flexibility index (Phi) is 7.56. The van der Waals surface area contributed by atoms with Crippen molar-refractivity contribution in [2.24, 2.45) is 5.92 Å². The Hall–Kier alpha value is -3.31. The number of aromatic nitrogens is 2. The van der Waals surface area contributed by atoms with E-state index in [0.717, 1.165) is 12.5 Å². The highest BCUT2D eigenvalue weighted by Gasteiger charge is 2.41. The number of carbonyl (C=O) groups excluding carboxylic acids is 1. The molecule has 0 bridgehead atoms. The first-order valence-electron chi connectivity index (χ1n) is 11.5. The second-order valence-corrected chi connectivity index (χ2v) is 11.5. The van der Waals surface area contributed by atoms with Gasteiger partial charge in [0.2, 0.25) is 0 Å². The van der Waals surface area contributed by atoms with Crippen LogP contribution in [0.4, 0.5) is 17.5 Å². The molecule has 3 heterocycles. The van der Waals surface area contributed by atoms with Crippen LogP contribution in [0.2, 0.25) is 0 Å². The van der Waals surface area contributed by atoms with E-state index >= 15 is 0 Å². The summed E-state index contributed by atoms with van der Waals surface area (Å²) in [4.78, 5) is 36.2. The second-order valence-electron chi connectivity index (χ2n) is 10.7. The van der Waals surface area contributed by atoms with Crippen LogP contribution in [0.3, 0.4) is 0 Å². The summed E-state index contributed by atoms with van der Waals surface area (Å²) in [5, 5.41) is 9.22. The molecule has 36 heavy (non-hydrogen) atoms. The molecule has 2 aromatic heterocycles. The summed E-state index contributed by atoms with van der Waals surface area (Å²) in [6.07, 6.45) is 3.22. The lowest BCUT2D eigenvalue weighted by molar-refractivity contribution is -0.131. The minimum atomic E-state index is -2.76. The quantitative estimate of drug-likeness (QED) is 0.385. The van der Waals surface area contributed by atoms with Crippen LogP contribution in [0.1, 0.15) is 69.6 Å². The van der Waals surface area contributed by atoms with Crippen LogP contribution >= 0.6 is 0 Å². The number of amides is 1. The number of anilines is 3. The van der Waals surface area contributed by atoms with E-state index in [1.165, 1.54) is 30.3 Å². The normalized spacial score (nSPS) is 18.4. The molecule has 0 saturated carbocycles. The molecule has 194 valence electrons. The van der Waals surface area contributed by atoms with E-state index in [4.69, 9.17) is 10.7 Å². The summed E-state index contributed by atoms with van der Waals surface area (Å²) in [5.74, 6) is -1.28. The van der Waals surface area contributed by atoms with Gasteiger partial charge in [0, 0.05) is 23.6 Å². The van der Waals surface area contributed by atoms with Crippen LogP contribution in [0.15, 0.2) is 30.3 Å². The van der Waals surface area contributed by atoms with E-state index in [2.05, 4.69) is 25.8 Å². The van der Waals surface area contributed by atoms with Crippen LogP contribution in [0.25, 0.3) is 6.08 Å². The number of carboxylic acids is 1. The number of nitrogen functional groups attached to an aromatic ring is 1.